The number of aromatic nitrogens is 3. The Balaban J connectivity index is 1.63. The summed E-state index contributed by atoms with van der Waals surface area (Å²) < 4.78 is 13.4. The number of hydrogen-bond donors (Lipinski definition) is 0. The van der Waals surface area contributed by atoms with Gasteiger partial charge in [0.2, 0.25) is 4.96 Å². The second kappa shape index (κ2) is 9.57. The third kappa shape index (κ3) is 4.83. The highest BCUT2D eigenvalue weighted by Gasteiger charge is 2.10. The van der Waals surface area contributed by atoms with Crippen LogP contribution >= 0.6 is 11.3 Å². The molecule has 0 aliphatic carbocycles. The van der Waals surface area contributed by atoms with E-state index in [1.807, 2.05) is 67.6 Å². The van der Waals surface area contributed by atoms with E-state index in [1.54, 1.807) is 6.08 Å². The third-order valence-corrected chi connectivity index (χ3v) is 5.41. The first-order valence-corrected chi connectivity index (χ1v) is 11.0. The average Bonchev–Trinajstić information content (AvgIpc) is 3.31. The van der Waals surface area contributed by atoms with Crippen molar-refractivity contribution in [2.24, 2.45) is 0 Å². The van der Waals surface area contributed by atoms with E-state index in [1.165, 1.54) is 15.9 Å². The smallest absolute Gasteiger partial charge is 0.291 e. The zero-order valence-corrected chi connectivity index (χ0v) is 18.3. The van der Waals surface area contributed by atoms with Crippen LogP contribution in [0.5, 0.6) is 11.5 Å². The van der Waals surface area contributed by atoms with E-state index in [2.05, 4.69) is 17.0 Å². The van der Waals surface area contributed by atoms with Crippen molar-refractivity contribution in [1.29, 1.82) is 0 Å². The first-order chi connectivity index (χ1) is 15.2. The number of fused-ring (bicyclic) bond motifs is 1. The Bertz CT molecular complexity index is 1310. The van der Waals surface area contributed by atoms with Gasteiger partial charge in [0.1, 0.15) is 0 Å². The van der Waals surface area contributed by atoms with Gasteiger partial charge in [-0.1, -0.05) is 60.7 Å². The molecule has 2 aromatic heterocycles. The topological polar surface area (TPSA) is 65.7 Å². The molecular weight excluding hydrogens is 410 g/mol. The summed E-state index contributed by atoms with van der Waals surface area (Å²) >= 11 is 1.31. The van der Waals surface area contributed by atoms with Gasteiger partial charge >= 0.3 is 0 Å². The van der Waals surface area contributed by atoms with Crippen molar-refractivity contribution in [3.05, 3.63) is 80.4 Å². The maximum absolute atomic E-state index is 12.8. The third-order valence-electron chi connectivity index (χ3n) is 4.45. The van der Waals surface area contributed by atoms with E-state index in [9.17, 15) is 4.79 Å². The lowest BCUT2D eigenvalue weighted by atomic mass is 10.2. The average molecular weight is 434 g/mol. The molecule has 0 N–H and O–H groups in total. The van der Waals surface area contributed by atoms with Gasteiger partial charge in [0.15, 0.2) is 17.3 Å². The summed E-state index contributed by atoms with van der Waals surface area (Å²) in [5, 5.41) is 4.34. The molecule has 0 saturated carbocycles. The zero-order chi connectivity index (χ0) is 21.6. The molecule has 0 bridgehead atoms. The van der Waals surface area contributed by atoms with Gasteiger partial charge in [0.05, 0.1) is 17.7 Å². The molecule has 0 spiro atoms. The predicted molar refractivity (Wildman–Crippen MR) is 125 cm³/mol. The fraction of sp³-hybridized carbons (Fsp3) is 0.208. The summed E-state index contributed by atoms with van der Waals surface area (Å²) in [5.74, 6) is 1.89. The van der Waals surface area contributed by atoms with E-state index in [0.29, 0.717) is 40.0 Å². The van der Waals surface area contributed by atoms with E-state index < -0.39 is 0 Å². The summed E-state index contributed by atoms with van der Waals surface area (Å²) in [7, 11) is 0. The lowest BCUT2D eigenvalue weighted by Crippen LogP contribution is -2.23. The quantitative estimate of drug-likeness (QED) is 0.419. The van der Waals surface area contributed by atoms with Crippen molar-refractivity contribution in [1.82, 2.24) is 14.6 Å². The molecule has 0 aliphatic rings. The molecule has 0 atom stereocenters. The summed E-state index contributed by atoms with van der Waals surface area (Å²) in [6.07, 6.45) is 6.48. The van der Waals surface area contributed by atoms with Crippen molar-refractivity contribution in [2.75, 3.05) is 13.2 Å². The Morgan fingerprint density at radius 1 is 1.00 bits per heavy atom. The highest BCUT2D eigenvalue weighted by atomic mass is 32.1. The summed E-state index contributed by atoms with van der Waals surface area (Å²) in [4.78, 5) is 17.8. The monoisotopic (exact) mass is 433 g/mol. The minimum Gasteiger partial charge on any atom is -0.490 e. The Hall–Kier alpha value is -3.45. The van der Waals surface area contributed by atoms with Gasteiger partial charge in [-0.2, -0.15) is 9.50 Å². The molecule has 158 valence electrons. The Labute approximate surface area is 184 Å². The molecular formula is C24H23N3O3S. The van der Waals surface area contributed by atoms with Crippen molar-refractivity contribution in [2.45, 2.75) is 20.3 Å². The van der Waals surface area contributed by atoms with Gasteiger partial charge in [0.25, 0.3) is 5.56 Å². The molecule has 0 radical (unpaired) electrons. The van der Waals surface area contributed by atoms with Crippen LogP contribution in [0.4, 0.5) is 0 Å². The highest BCUT2D eigenvalue weighted by Crippen LogP contribution is 2.29. The largest absolute Gasteiger partial charge is 0.490 e. The van der Waals surface area contributed by atoms with Crippen LogP contribution in [0.25, 0.3) is 23.2 Å². The summed E-state index contributed by atoms with van der Waals surface area (Å²) in [6, 6.07) is 15.6. The van der Waals surface area contributed by atoms with Gasteiger partial charge in [-0.15, -0.1) is 5.10 Å². The van der Waals surface area contributed by atoms with Crippen molar-refractivity contribution >= 4 is 34.5 Å². The van der Waals surface area contributed by atoms with Gasteiger partial charge in [-0.05, 0) is 48.8 Å². The molecule has 0 amide bonds. The zero-order valence-electron chi connectivity index (χ0n) is 17.4. The molecule has 2 heterocycles. The van der Waals surface area contributed by atoms with Crippen LogP contribution in [0.2, 0.25) is 0 Å². The SMILES string of the molecule is CCCOc1ccc(/C=c2/sc3nc(/C=C/c4ccccc4)nn3c2=O)cc1OCC. The molecule has 7 heteroatoms. The van der Waals surface area contributed by atoms with Crippen molar-refractivity contribution in [3.63, 3.8) is 0 Å². The molecule has 0 aliphatic heterocycles. The van der Waals surface area contributed by atoms with E-state index in [0.717, 1.165) is 17.5 Å². The first kappa shape index (κ1) is 20.8. The number of rotatable bonds is 8. The summed E-state index contributed by atoms with van der Waals surface area (Å²) in [5.41, 5.74) is 1.72. The van der Waals surface area contributed by atoms with Crippen molar-refractivity contribution in [3.8, 4) is 11.5 Å². The molecule has 4 aromatic rings. The molecule has 2 aromatic carbocycles. The Morgan fingerprint density at radius 3 is 2.58 bits per heavy atom. The van der Waals surface area contributed by atoms with Crippen molar-refractivity contribution < 1.29 is 9.47 Å². The van der Waals surface area contributed by atoms with Crippen LogP contribution in [0.1, 0.15) is 37.2 Å². The van der Waals surface area contributed by atoms with Crippen LogP contribution in [-0.2, 0) is 0 Å². The van der Waals surface area contributed by atoms with Crippen LogP contribution in [0, 0.1) is 0 Å². The minimum atomic E-state index is -0.184. The fourth-order valence-electron chi connectivity index (χ4n) is 3.02. The Kier molecular flexibility index (Phi) is 6.43. The lowest BCUT2D eigenvalue weighted by molar-refractivity contribution is 0.277. The summed E-state index contributed by atoms with van der Waals surface area (Å²) in [6.45, 7) is 5.15. The van der Waals surface area contributed by atoms with E-state index >= 15 is 0 Å². The number of thiazole rings is 1. The molecule has 0 unspecified atom stereocenters. The van der Waals surface area contributed by atoms with Crippen LogP contribution in [0.3, 0.4) is 0 Å². The second-order valence-corrected chi connectivity index (χ2v) is 7.82. The molecule has 31 heavy (non-hydrogen) atoms. The van der Waals surface area contributed by atoms with Crippen LogP contribution < -0.4 is 19.6 Å². The van der Waals surface area contributed by atoms with Crippen LogP contribution in [0.15, 0.2) is 53.3 Å². The maximum Gasteiger partial charge on any atom is 0.291 e. The molecule has 0 saturated heterocycles. The minimum absolute atomic E-state index is 0.184. The lowest BCUT2D eigenvalue weighted by Gasteiger charge is -2.11. The first-order valence-electron chi connectivity index (χ1n) is 10.2. The number of benzene rings is 2. The predicted octanol–water partition coefficient (Wildman–Crippen LogP) is 4.06. The van der Waals surface area contributed by atoms with Gasteiger partial charge in [0, 0.05) is 0 Å². The molecule has 6 nitrogen and oxygen atoms in total. The van der Waals surface area contributed by atoms with Gasteiger partial charge in [-0.3, -0.25) is 4.79 Å². The maximum atomic E-state index is 12.8. The van der Waals surface area contributed by atoms with E-state index in [-0.39, 0.29) is 5.56 Å². The molecule has 0 fully saturated rings. The van der Waals surface area contributed by atoms with Gasteiger partial charge < -0.3 is 9.47 Å². The molecule has 4 rings (SSSR count). The number of nitrogens with zero attached hydrogens (tertiary/aromatic N) is 3. The fourth-order valence-corrected chi connectivity index (χ4v) is 3.93. The van der Waals surface area contributed by atoms with Gasteiger partial charge in [-0.25, -0.2) is 0 Å². The standard InChI is InChI=1S/C24H23N3O3S/c1-3-14-30-19-12-10-18(15-20(19)29-4-2)16-21-23(28)27-24(31-21)25-22(26-27)13-11-17-8-6-5-7-9-17/h5-13,15-16H,3-4,14H2,1-2H3/b13-11+,21-16+. The number of hydrogen-bond acceptors (Lipinski definition) is 6. The normalized spacial score (nSPS) is 12.1. The number of ether oxygens (including phenoxy) is 2. The highest BCUT2D eigenvalue weighted by molar-refractivity contribution is 7.15. The Morgan fingerprint density at radius 2 is 1.84 bits per heavy atom. The second-order valence-electron chi connectivity index (χ2n) is 6.81. The van der Waals surface area contributed by atoms with Crippen LogP contribution in [-0.4, -0.2) is 27.8 Å². The van der Waals surface area contributed by atoms with E-state index in [4.69, 9.17) is 9.47 Å².